The lowest BCUT2D eigenvalue weighted by Gasteiger charge is -2.23. The highest BCUT2D eigenvalue weighted by Crippen LogP contribution is 2.28. The van der Waals surface area contributed by atoms with E-state index in [2.05, 4.69) is 15.5 Å². The summed E-state index contributed by atoms with van der Waals surface area (Å²) in [6.45, 7) is 0.857. The number of carbonyl (C=O) groups is 2. The van der Waals surface area contributed by atoms with E-state index in [0.29, 0.717) is 24.7 Å². The third-order valence-corrected chi connectivity index (χ3v) is 6.39. The fourth-order valence-electron chi connectivity index (χ4n) is 3.73. The van der Waals surface area contributed by atoms with Crippen LogP contribution in [0.1, 0.15) is 18.4 Å². The van der Waals surface area contributed by atoms with Crippen molar-refractivity contribution >= 4 is 34.0 Å². The summed E-state index contributed by atoms with van der Waals surface area (Å²) in [5.41, 5.74) is 3.03. The SMILES string of the molecule is CN(C)c1ccc(-c2nnc(NC(=O)C3CCCN3C(=O)COCc3ccccc3)s2)cc1. The Morgan fingerprint density at radius 3 is 2.61 bits per heavy atom. The number of ether oxygens (including phenoxy) is 1. The summed E-state index contributed by atoms with van der Waals surface area (Å²) in [6.07, 6.45) is 1.40. The predicted octanol–water partition coefficient (Wildman–Crippen LogP) is 3.42. The van der Waals surface area contributed by atoms with Crippen molar-refractivity contribution in [2.75, 3.05) is 37.5 Å². The third-order valence-electron chi connectivity index (χ3n) is 5.50. The Balaban J connectivity index is 1.32. The van der Waals surface area contributed by atoms with Crippen molar-refractivity contribution in [2.24, 2.45) is 0 Å². The summed E-state index contributed by atoms with van der Waals surface area (Å²) >= 11 is 1.31. The summed E-state index contributed by atoms with van der Waals surface area (Å²) in [5.74, 6) is -0.419. The molecule has 33 heavy (non-hydrogen) atoms. The first-order valence-corrected chi connectivity index (χ1v) is 11.7. The number of nitrogens with one attached hydrogen (secondary N) is 1. The minimum Gasteiger partial charge on any atom is -0.378 e. The molecule has 8 nitrogen and oxygen atoms in total. The van der Waals surface area contributed by atoms with Gasteiger partial charge in [0.05, 0.1) is 6.61 Å². The number of rotatable bonds is 8. The molecule has 1 saturated heterocycles. The van der Waals surface area contributed by atoms with Crippen LogP contribution < -0.4 is 10.2 Å². The second-order valence-electron chi connectivity index (χ2n) is 8.07. The summed E-state index contributed by atoms with van der Waals surface area (Å²) in [6, 6.07) is 17.1. The van der Waals surface area contributed by atoms with Crippen LogP contribution in [-0.2, 0) is 20.9 Å². The molecule has 0 saturated carbocycles. The van der Waals surface area contributed by atoms with Gasteiger partial charge in [-0.15, -0.1) is 10.2 Å². The maximum atomic E-state index is 12.9. The number of hydrogen-bond donors (Lipinski definition) is 1. The maximum absolute atomic E-state index is 12.9. The van der Waals surface area contributed by atoms with E-state index in [9.17, 15) is 9.59 Å². The van der Waals surface area contributed by atoms with Gasteiger partial charge >= 0.3 is 0 Å². The molecule has 3 aromatic rings. The van der Waals surface area contributed by atoms with Gasteiger partial charge in [0.1, 0.15) is 17.7 Å². The number of carbonyl (C=O) groups excluding carboxylic acids is 2. The lowest BCUT2D eigenvalue weighted by molar-refractivity contribution is -0.140. The van der Waals surface area contributed by atoms with Crippen molar-refractivity contribution in [3.8, 4) is 10.6 Å². The van der Waals surface area contributed by atoms with Gasteiger partial charge in [-0.25, -0.2) is 0 Å². The average molecular weight is 466 g/mol. The van der Waals surface area contributed by atoms with Crippen molar-refractivity contribution in [1.29, 1.82) is 0 Å². The lowest BCUT2D eigenvalue weighted by Crippen LogP contribution is -2.44. The van der Waals surface area contributed by atoms with Crippen LogP contribution in [0.4, 0.5) is 10.8 Å². The summed E-state index contributed by atoms with van der Waals surface area (Å²) < 4.78 is 5.57. The number of likely N-dealkylation sites (tertiary alicyclic amines) is 1. The molecule has 1 fully saturated rings. The van der Waals surface area contributed by atoms with Crippen LogP contribution in [0.5, 0.6) is 0 Å². The Morgan fingerprint density at radius 2 is 1.88 bits per heavy atom. The van der Waals surface area contributed by atoms with Crippen molar-refractivity contribution < 1.29 is 14.3 Å². The maximum Gasteiger partial charge on any atom is 0.249 e. The third kappa shape index (κ3) is 5.74. The molecular formula is C24H27N5O3S. The van der Waals surface area contributed by atoms with E-state index in [-0.39, 0.29) is 18.4 Å². The van der Waals surface area contributed by atoms with Gasteiger partial charge < -0.3 is 14.5 Å². The normalized spacial score (nSPS) is 15.5. The van der Waals surface area contributed by atoms with Crippen molar-refractivity contribution in [3.05, 3.63) is 60.2 Å². The molecule has 1 aliphatic heterocycles. The van der Waals surface area contributed by atoms with Crippen molar-refractivity contribution in [2.45, 2.75) is 25.5 Å². The fourth-order valence-corrected chi connectivity index (χ4v) is 4.48. The highest BCUT2D eigenvalue weighted by molar-refractivity contribution is 7.18. The molecule has 1 aromatic heterocycles. The Hall–Kier alpha value is -3.30. The van der Waals surface area contributed by atoms with Crippen LogP contribution in [0.25, 0.3) is 10.6 Å². The first-order chi connectivity index (χ1) is 16.0. The van der Waals surface area contributed by atoms with Crippen molar-refractivity contribution in [3.63, 3.8) is 0 Å². The highest BCUT2D eigenvalue weighted by Gasteiger charge is 2.34. The van der Waals surface area contributed by atoms with Gasteiger partial charge in [-0.2, -0.15) is 0 Å². The first-order valence-electron chi connectivity index (χ1n) is 10.8. The zero-order valence-electron chi connectivity index (χ0n) is 18.7. The lowest BCUT2D eigenvalue weighted by atomic mass is 10.2. The predicted molar refractivity (Wildman–Crippen MR) is 129 cm³/mol. The Morgan fingerprint density at radius 1 is 1.12 bits per heavy atom. The molecule has 1 N–H and O–H groups in total. The fraction of sp³-hybridized carbons (Fsp3) is 0.333. The molecule has 0 aliphatic carbocycles. The second kappa shape index (κ2) is 10.5. The van der Waals surface area contributed by atoms with E-state index in [0.717, 1.165) is 28.2 Å². The van der Waals surface area contributed by atoms with E-state index < -0.39 is 6.04 Å². The molecule has 0 bridgehead atoms. The molecule has 0 spiro atoms. The molecular weight excluding hydrogens is 438 g/mol. The summed E-state index contributed by atoms with van der Waals surface area (Å²) in [5, 5.41) is 12.3. The molecule has 1 unspecified atom stereocenters. The van der Waals surface area contributed by atoms with Gasteiger partial charge in [0, 0.05) is 31.9 Å². The van der Waals surface area contributed by atoms with Gasteiger partial charge in [0.15, 0.2) is 0 Å². The zero-order chi connectivity index (χ0) is 23.2. The standard InChI is InChI=1S/C24H27N5O3S/c1-28(2)19-12-10-18(11-13-19)23-26-27-24(33-23)25-22(31)20-9-6-14-29(20)21(30)16-32-15-17-7-4-3-5-8-17/h3-5,7-8,10-13,20H,6,9,14-16H2,1-2H3,(H,25,27,31). The molecule has 1 aliphatic rings. The van der Waals surface area contributed by atoms with E-state index in [1.54, 1.807) is 4.90 Å². The average Bonchev–Trinajstić information content (AvgIpc) is 3.50. The zero-order valence-corrected chi connectivity index (χ0v) is 19.5. The van der Waals surface area contributed by atoms with Crippen LogP contribution in [0, 0.1) is 0 Å². The smallest absolute Gasteiger partial charge is 0.249 e. The van der Waals surface area contributed by atoms with E-state index >= 15 is 0 Å². The molecule has 4 rings (SSSR count). The minimum atomic E-state index is -0.524. The van der Waals surface area contributed by atoms with Gasteiger partial charge in [-0.3, -0.25) is 14.9 Å². The quantitative estimate of drug-likeness (QED) is 0.549. The number of benzene rings is 2. The number of aromatic nitrogens is 2. The van der Waals surface area contributed by atoms with Gasteiger partial charge in [0.25, 0.3) is 0 Å². The van der Waals surface area contributed by atoms with Gasteiger partial charge in [0.2, 0.25) is 16.9 Å². The van der Waals surface area contributed by atoms with E-state index in [1.165, 1.54) is 11.3 Å². The van der Waals surface area contributed by atoms with Crippen LogP contribution in [0.15, 0.2) is 54.6 Å². The monoisotopic (exact) mass is 465 g/mol. The minimum absolute atomic E-state index is 0.0510. The Bertz CT molecular complexity index is 1080. The second-order valence-corrected chi connectivity index (χ2v) is 9.04. The van der Waals surface area contributed by atoms with Crippen LogP contribution in [0.2, 0.25) is 0 Å². The first kappa shape index (κ1) is 22.9. The van der Waals surface area contributed by atoms with Crippen LogP contribution in [-0.4, -0.2) is 60.2 Å². The summed E-state index contributed by atoms with van der Waals surface area (Å²) in [7, 11) is 3.97. The highest BCUT2D eigenvalue weighted by atomic mass is 32.1. The number of anilines is 2. The molecule has 0 radical (unpaired) electrons. The van der Waals surface area contributed by atoms with Gasteiger partial charge in [-0.1, -0.05) is 41.7 Å². The molecule has 172 valence electrons. The largest absolute Gasteiger partial charge is 0.378 e. The number of amides is 2. The molecule has 2 amide bonds. The van der Waals surface area contributed by atoms with Crippen LogP contribution >= 0.6 is 11.3 Å². The summed E-state index contributed by atoms with van der Waals surface area (Å²) in [4.78, 5) is 29.2. The number of hydrogen-bond acceptors (Lipinski definition) is 7. The van der Waals surface area contributed by atoms with Gasteiger partial charge in [-0.05, 0) is 42.7 Å². The van der Waals surface area contributed by atoms with E-state index in [1.807, 2.05) is 73.6 Å². The Kier molecular flexibility index (Phi) is 7.31. The molecule has 9 heteroatoms. The Labute approximate surface area is 197 Å². The number of nitrogens with zero attached hydrogens (tertiary/aromatic N) is 4. The molecule has 1 atom stereocenters. The van der Waals surface area contributed by atoms with Crippen LogP contribution in [0.3, 0.4) is 0 Å². The molecule has 2 heterocycles. The molecule has 2 aromatic carbocycles. The van der Waals surface area contributed by atoms with E-state index in [4.69, 9.17) is 4.74 Å². The topological polar surface area (TPSA) is 87.7 Å². The van der Waals surface area contributed by atoms with Crippen molar-refractivity contribution in [1.82, 2.24) is 15.1 Å².